The SMILES string of the molecule is CCSSSSCC. The van der Waals surface area contributed by atoms with E-state index in [1.165, 1.54) is 11.5 Å². The Kier molecular flexibility index (Phi) is 9.87. The van der Waals surface area contributed by atoms with Gasteiger partial charge in [0.1, 0.15) is 0 Å². The summed E-state index contributed by atoms with van der Waals surface area (Å²) in [6.45, 7) is 4.35. The molecule has 0 aliphatic heterocycles. The van der Waals surface area contributed by atoms with Crippen LogP contribution in [0.1, 0.15) is 13.8 Å². The molecule has 0 aliphatic rings. The maximum absolute atomic E-state index is 2.18. The van der Waals surface area contributed by atoms with Crippen molar-refractivity contribution in [2.45, 2.75) is 13.8 Å². The second-order valence-electron chi connectivity index (χ2n) is 0.949. The Labute approximate surface area is 66.5 Å². The molecule has 0 spiro atoms. The summed E-state index contributed by atoms with van der Waals surface area (Å²) in [6.07, 6.45) is 0. The van der Waals surface area contributed by atoms with E-state index >= 15 is 0 Å². The largest absolute Gasteiger partial charge is 0.0820 e. The molecule has 0 aromatic rings. The van der Waals surface area contributed by atoms with E-state index in [1.807, 2.05) is 41.2 Å². The maximum atomic E-state index is 2.18. The van der Waals surface area contributed by atoms with Crippen molar-refractivity contribution in [1.29, 1.82) is 0 Å². The fourth-order valence-electron chi connectivity index (χ4n) is 0.136. The second kappa shape index (κ2) is 8.40. The van der Waals surface area contributed by atoms with Crippen molar-refractivity contribution >= 4 is 41.2 Å². The molecule has 0 saturated heterocycles. The van der Waals surface area contributed by atoms with Crippen molar-refractivity contribution in [3.8, 4) is 0 Å². The van der Waals surface area contributed by atoms with Crippen LogP contribution >= 0.6 is 41.2 Å². The molecule has 0 bridgehead atoms. The van der Waals surface area contributed by atoms with E-state index in [2.05, 4.69) is 13.8 Å². The summed E-state index contributed by atoms with van der Waals surface area (Å²) in [4.78, 5) is 0. The van der Waals surface area contributed by atoms with Gasteiger partial charge in [-0.05, 0) is 19.7 Å². The molecule has 8 heavy (non-hydrogen) atoms. The topological polar surface area (TPSA) is 0 Å². The third-order valence-corrected chi connectivity index (χ3v) is 6.97. The Bertz CT molecular complexity index is 33.0. The fourth-order valence-corrected chi connectivity index (χ4v) is 5.78. The van der Waals surface area contributed by atoms with Crippen LogP contribution in [0.3, 0.4) is 0 Å². The van der Waals surface area contributed by atoms with Crippen molar-refractivity contribution in [3.05, 3.63) is 0 Å². The van der Waals surface area contributed by atoms with Crippen LogP contribution < -0.4 is 0 Å². The fraction of sp³-hybridized carbons (Fsp3) is 1.00. The molecule has 0 aliphatic carbocycles. The average molecular weight is 186 g/mol. The minimum absolute atomic E-state index is 1.21. The van der Waals surface area contributed by atoms with Gasteiger partial charge in [0.2, 0.25) is 0 Å². The summed E-state index contributed by atoms with van der Waals surface area (Å²) in [6, 6.07) is 0. The standard InChI is InChI=1S/C4H10S4/c1-3-5-7-8-6-4-2/h3-4H2,1-2H3. The molecule has 0 radical (unpaired) electrons. The predicted octanol–water partition coefficient (Wildman–Crippen LogP) is 3.70. The van der Waals surface area contributed by atoms with Crippen LogP contribution in [0.15, 0.2) is 0 Å². The maximum Gasteiger partial charge on any atom is 0.00169 e. The first-order chi connectivity index (χ1) is 3.91. The van der Waals surface area contributed by atoms with Crippen LogP contribution in [0.25, 0.3) is 0 Å². The van der Waals surface area contributed by atoms with Gasteiger partial charge >= 0.3 is 0 Å². The van der Waals surface area contributed by atoms with Gasteiger partial charge in [-0.1, -0.05) is 35.4 Å². The van der Waals surface area contributed by atoms with Crippen LogP contribution in [-0.4, -0.2) is 11.5 Å². The van der Waals surface area contributed by atoms with E-state index in [-0.39, 0.29) is 0 Å². The van der Waals surface area contributed by atoms with E-state index in [1.54, 1.807) is 0 Å². The smallest absolute Gasteiger partial charge is 0.00169 e. The lowest BCUT2D eigenvalue weighted by Crippen LogP contribution is -1.54. The lowest BCUT2D eigenvalue weighted by atomic mass is 11.0. The molecule has 0 amide bonds. The zero-order valence-electron chi connectivity index (χ0n) is 5.05. The number of rotatable bonds is 5. The van der Waals surface area contributed by atoms with Gasteiger partial charge in [-0.15, -0.1) is 0 Å². The van der Waals surface area contributed by atoms with E-state index in [4.69, 9.17) is 0 Å². The average Bonchev–Trinajstić information content (AvgIpc) is 1.81. The quantitative estimate of drug-likeness (QED) is 0.474. The highest BCUT2D eigenvalue weighted by Crippen LogP contribution is 2.42. The molecule has 0 rings (SSSR count). The molecule has 0 atom stereocenters. The van der Waals surface area contributed by atoms with Crippen molar-refractivity contribution in [3.63, 3.8) is 0 Å². The van der Waals surface area contributed by atoms with Gasteiger partial charge in [-0.2, -0.15) is 0 Å². The molecule has 0 saturated carbocycles. The van der Waals surface area contributed by atoms with Crippen LogP contribution in [0.4, 0.5) is 0 Å². The third kappa shape index (κ3) is 7.40. The lowest BCUT2D eigenvalue weighted by Gasteiger charge is -1.91. The van der Waals surface area contributed by atoms with E-state index < -0.39 is 0 Å². The monoisotopic (exact) mass is 186 g/mol. The first-order valence-electron chi connectivity index (χ1n) is 2.49. The molecular weight excluding hydrogens is 176 g/mol. The van der Waals surface area contributed by atoms with Crippen molar-refractivity contribution in [2.75, 3.05) is 11.5 Å². The molecular formula is C4H10S4. The molecule has 0 aromatic carbocycles. The molecule has 0 aromatic heterocycles. The van der Waals surface area contributed by atoms with Crippen LogP contribution in [0.5, 0.6) is 0 Å². The van der Waals surface area contributed by atoms with Crippen LogP contribution in [-0.2, 0) is 0 Å². The minimum atomic E-state index is 1.21. The van der Waals surface area contributed by atoms with Gasteiger partial charge in [0.25, 0.3) is 0 Å². The van der Waals surface area contributed by atoms with E-state index in [9.17, 15) is 0 Å². The summed E-state index contributed by atoms with van der Waals surface area (Å²) < 4.78 is 0. The Hall–Kier alpha value is 1.40. The zero-order chi connectivity index (χ0) is 6.24. The molecule has 0 unspecified atom stereocenters. The summed E-state index contributed by atoms with van der Waals surface area (Å²) in [5.74, 6) is 2.42. The molecule has 0 heterocycles. The molecule has 4 heteroatoms. The van der Waals surface area contributed by atoms with Crippen LogP contribution in [0.2, 0.25) is 0 Å². The first kappa shape index (κ1) is 9.40. The van der Waals surface area contributed by atoms with E-state index in [0.29, 0.717) is 0 Å². The van der Waals surface area contributed by atoms with Gasteiger partial charge < -0.3 is 0 Å². The lowest BCUT2D eigenvalue weighted by molar-refractivity contribution is 1.54. The van der Waals surface area contributed by atoms with Gasteiger partial charge in [0, 0.05) is 11.5 Å². The molecule has 0 N–H and O–H groups in total. The summed E-state index contributed by atoms with van der Waals surface area (Å²) in [5.41, 5.74) is 0. The normalized spacial score (nSPS) is 9.75. The van der Waals surface area contributed by atoms with Gasteiger partial charge in [0.05, 0.1) is 0 Å². The summed E-state index contributed by atoms with van der Waals surface area (Å²) in [5, 5.41) is 0. The van der Waals surface area contributed by atoms with Crippen molar-refractivity contribution in [1.82, 2.24) is 0 Å². The summed E-state index contributed by atoms with van der Waals surface area (Å²) in [7, 11) is 7.56. The van der Waals surface area contributed by atoms with Crippen molar-refractivity contribution < 1.29 is 0 Å². The highest BCUT2D eigenvalue weighted by atomic mass is 33.7. The minimum Gasteiger partial charge on any atom is -0.0820 e. The van der Waals surface area contributed by atoms with Crippen LogP contribution in [0, 0.1) is 0 Å². The Morgan fingerprint density at radius 2 is 1.25 bits per heavy atom. The number of hydrogen-bond donors (Lipinski definition) is 0. The first-order valence-corrected chi connectivity index (χ1v) is 7.65. The van der Waals surface area contributed by atoms with Gasteiger partial charge in [0.15, 0.2) is 0 Å². The Morgan fingerprint density at radius 1 is 0.875 bits per heavy atom. The number of hydrogen-bond acceptors (Lipinski definition) is 4. The highest BCUT2D eigenvalue weighted by Gasteiger charge is 1.85. The predicted molar refractivity (Wildman–Crippen MR) is 51.4 cm³/mol. The molecule has 0 nitrogen and oxygen atoms in total. The van der Waals surface area contributed by atoms with E-state index in [0.717, 1.165) is 0 Å². The Morgan fingerprint density at radius 3 is 1.50 bits per heavy atom. The molecule has 50 valence electrons. The Balaban J connectivity index is 2.53. The van der Waals surface area contributed by atoms with Gasteiger partial charge in [-0.3, -0.25) is 0 Å². The zero-order valence-corrected chi connectivity index (χ0v) is 8.31. The highest BCUT2D eigenvalue weighted by molar-refractivity contribution is 9.26. The van der Waals surface area contributed by atoms with Crippen molar-refractivity contribution in [2.24, 2.45) is 0 Å². The molecule has 0 fully saturated rings. The van der Waals surface area contributed by atoms with Gasteiger partial charge in [-0.25, -0.2) is 0 Å². The second-order valence-corrected chi connectivity index (χ2v) is 7.53. The third-order valence-electron chi connectivity index (χ3n) is 0.360. The summed E-state index contributed by atoms with van der Waals surface area (Å²) >= 11 is 0.